The van der Waals surface area contributed by atoms with Crippen molar-refractivity contribution in [1.29, 1.82) is 0 Å². The minimum absolute atomic E-state index is 0.265. The number of halogens is 5. The smallest absolute Gasteiger partial charge is 0.258 e. The fourth-order valence-corrected chi connectivity index (χ4v) is 3.47. The number of rotatable bonds is 4. The molecule has 0 atom stereocenters. The van der Waals surface area contributed by atoms with Gasteiger partial charge in [0.1, 0.15) is 0 Å². The van der Waals surface area contributed by atoms with Gasteiger partial charge in [0.2, 0.25) is 0 Å². The summed E-state index contributed by atoms with van der Waals surface area (Å²) in [4.78, 5) is 12.4. The molecule has 0 radical (unpaired) electrons. The first-order chi connectivity index (χ1) is 12.3. The van der Waals surface area contributed by atoms with Gasteiger partial charge in [-0.25, -0.2) is 0 Å². The maximum absolute atomic E-state index is 12.4. The van der Waals surface area contributed by atoms with Gasteiger partial charge >= 0.3 is 0 Å². The summed E-state index contributed by atoms with van der Waals surface area (Å²) in [6, 6.07) is 10.0. The zero-order valence-electron chi connectivity index (χ0n) is 12.9. The molecule has 2 aromatic carbocycles. The van der Waals surface area contributed by atoms with Gasteiger partial charge in [-0.1, -0.05) is 52.5 Å². The van der Waals surface area contributed by atoms with Crippen LogP contribution in [-0.4, -0.2) is 15.7 Å². The summed E-state index contributed by atoms with van der Waals surface area (Å²) in [5.41, 5.74) is 1.23. The standard InChI is InChI=1S/C17H10BrCl4N3O/c18-12-8-25(7-9-1-4-13(20)15(22)5-9)24-16(12)23-17(26)11-3-2-10(19)6-14(11)21/h1-6,8H,7H2,(H,23,24,26). The van der Waals surface area contributed by atoms with Crippen LogP contribution in [0.15, 0.2) is 47.1 Å². The minimum atomic E-state index is -0.382. The van der Waals surface area contributed by atoms with Crippen molar-refractivity contribution in [3.8, 4) is 0 Å². The summed E-state index contributed by atoms with van der Waals surface area (Å²) >= 11 is 27.3. The molecule has 9 heteroatoms. The molecule has 26 heavy (non-hydrogen) atoms. The highest BCUT2D eigenvalue weighted by Gasteiger charge is 2.15. The number of benzene rings is 2. The Balaban J connectivity index is 1.77. The summed E-state index contributed by atoms with van der Waals surface area (Å²) in [6.07, 6.45) is 1.75. The van der Waals surface area contributed by atoms with Crippen LogP contribution in [0.1, 0.15) is 15.9 Å². The van der Waals surface area contributed by atoms with E-state index in [0.717, 1.165) is 5.56 Å². The van der Waals surface area contributed by atoms with Crippen molar-refractivity contribution >= 4 is 74.1 Å². The molecular weight excluding hydrogens is 484 g/mol. The second-order valence-electron chi connectivity index (χ2n) is 5.35. The second kappa shape index (κ2) is 8.19. The normalized spacial score (nSPS) is 10.8. The number of aromatic nitrogens is 2. The summed E-state index contributed by atoms with van der Waals surface area (Å²) in [6.45, 7) is 0.465. The third-order valence-electron chi connectivity index (χ3n) is 3.45. The van der Waals surface area contributed by atoms with Crippen molar-refractivity contribution in [3.63, 3.8) is 0 Å². The molecular formula is C17H10BrCl4N3O. The lowest BCUT2D eigenvalue weighted by Crippen LogP contribution is -2.13. The maximum atomic E-state index is 12.4. The Bertz CT molecular complexity index is 990. The molecule has 4 nitrogen and oxygen atoms in total. The first-order valence-electron chi connectivity index (χ1n) is 7.27. The molecule has 0 aliphatic heterocycles. The van der Waals surface area contributed by atoms with Crippen molar-refractivity contribution in [3.05, 3.63) is 78.3 Å². The lowest BCUT2D eigenvalue weighted by molar-refractivity contribution is 0.102. The Morgan fingerprint density at radius 3 is 2.50 bits per heavy atom. The summed E-state index contributed by atoms with van der Waals surface area (Å²) in [5, 5.41) is 8.77. The number of hydrogen-bond acceptors (Lipinski definition) is 2. The van der Waals surface area contributed by atoms with Crippen LogP contribution in [0.2, 0.25) is 20.1 Å². The molecule has 1 amide bonds. The molecule has 0 saturated carbocycles. The van der Waals surface area contributed by atoms with Crippen LogP contribution in [0, 0.1) is 0 Å². The third kappa shape index (κ3) is 4.53. The monoisotopic (exact) mass is 491 g/mol. The molecule has 0 bridgehead atoms. The molecule has 3 rings (SSSR count). The highest BCUT2D eigenvalue weighted by Crippen LogP contribution is 2.26. The average Bonchev–Trinajstić information content (AvgIpc) is 2.90. The Morgan fingerprint density at radius 1 is 1.04 bits per heavy atom. The molecule has 3 aromatic rings. The molecule has 1 N–H and O–H groups in total. The molecule has 0 unspecified atom stereocenters. The van der Waals surface area contributed by atoms with Gasteiger partial charge in [0.25, 0.3) is 5.91 Å². The van der Waals surface area contributed by atoms with Crippen molar-refractivity contribution in [1.82, 2.24) is 9.78 Å². The number of nitrogens with zero attached hydrogens (tertiary/aromatic N) is 2. The molecule has 134 valence electrons. The number of carbonyl (C=O) groups excluding carboxylic acids is 1. The van der Waals surface area contributed by atoms with Crippen LogP contribution in [0.3, 0.4) is 0 Å². The van der Waals surface area contributed by atoms with E-state index in [1.165, 1.54) is 6.07 Å². The number of amides is 1. The van der Waals surface area contributed by atoms with E-state index in [-0.39, 0.29) is 10.9 Å². The lowest BCUT2D eigenvalue weighted by Gasteiger charge is -2.06. The van der Waals surface area contributed by atoms with E-state index in [0.29, 0.717) is 37.5 Å². The Morgan fingerprint density at radius 2 is 1.81 bits per heavy atom. The van der Waals surface area contributed by atoms with Crippen molar-refractivity contribution in [2.24, 2.45) is 0 Å². The quantitative estimate of drug-likeness (QED) is 0.447. The third-order valence-corrected chi connectivity index (χ3v) is 5.32. The summed E-state index contributed by atoms with van der Waals surface area (Å²) in [7, 11) is 0. The summed E-state index contributed by atoms with van der Waals surface area (Å²) in [5.74, 6) is -0.00627. The topological polar surface area (TPSA) is 46.9 Å². The number of hydrogen-bond donors (Lipinski definition) is 1. The first kappa shape index (κ1) is 19.5. The molecule has 0 fully saturated rings. The Labute approximate surface area is 178 Å². The van der Waals surface area contributed by atoms with Crippen LogP contribution in [0.4, 0.5) is 5.82 Å². The van der Waals surface area contributed by atoms with Crippen LogP contribution in [0.5, 0.6) is 0 Å². The number of carbonyl (C=O) groups is 1. The van der Waals surface area contributed by atoms with Gasteiger partial charge in [-0.3, -0.25) is 9.48 Å². The molecule has 1 aromatic heterocycles. The highest BCUT2D eigenvalue weighted by atomic mass is 79.9. The molecule has 0 aliphatic carbocycles. The zero-order valence-corrected chi connectivity index (χ0v) is 17.6. The van der Waals surface area contributed by atoms with Crippen LogP contribution in [-0.2, 0) is 6.54 Å². The zero-order chi connectivity index (χ0) is 18.8. The predicted octanol–water partition coefficient (Wildman–Crippen LogP) is 6.56. The van der Waals surface area contributed by atoms with E-state index >= 15 is 0 Å². The van der Waals surface area contributed by atoms with Gasteiger partial charge in [-0.05, 0) is 51.8 Å². The lowest BCUT2D eigenvalue weighted by atomic mass is 10.2. The number of nitrogens with one attached hydrogen (secondary N) is 1. The molecule has 1 heterocycles. The maximum Gasteiger partial charge on any atom is 0.258 e. The highest BCUT2D eigenvalue weighted by molar-refractivity contribution is 9.10. The van der Waals surface area contributed by atoms with Gasteiger partial charge in [0, 0.05) is 11.2 Å². The summed E-state index contributed by atoms with van der Waals surface area (Å²) < 4.78 is 2.30. The van der Waals surface area contributed by atoms with E-state index in [2.05, 4.69) is 26.3 Å². The largest absolute Gasteiger partial charge is 0.304 e. The van der Waals surface area contributed by atoms with E-state index in [4.69, 9.17) is 46.4 Å². The Hall–Kier alpha value is -1.24. The van der Waals surface area contributed by atoms with Crippen LogP contribution < -0.4 is 5.32 Å². The first-order valence-corrected chi connectivity index (χ1v) is 9.57. The van der Waals surface area contributed by atoms with E-state index in [1.54, 1.807) is 35.1 Å². The second-order valence-corrected chi connectivity index (χ2v) is 7.86. The van der Waals surface area contributed by atoms with Crippen molar-refractivity contribution in [2.75, 3.05) is 5.32 Å². The molecule has 0 spiro atoms. The molecule has 0 aliphatic rings. The van der Waals surface area contributed by atoms with Crippen molar-refractivity contribution in [2.45, 2.75) is 6.54 Å². The number of anilines is 1. The van der Waals surface area contributed by atoms with Crippen LogP contribution >= 0.6 is 62.3 Å². The van der Waals surface area contributed by atoms with E-state index in [1.807, 2.05) is 6.07 Å². The predicted molar refractivity (Wildman–Crippen MR) is 110 cm³/mol. The van der Waals surface area contributed by atoms with Gasteiger partial charge in [0.15, 0.2) is 5.82 Å². The van der Waals surface area contributed by atoms with E-state index < -0.39 is 0 Å². The average molecular weight is 494 g/mol. The van der Waals surface area contributed by atoms with Crippen molar-refractivity contribution < 1.29 is 4.79 Å². The van der Waals surface area contributed by atoms with Gasteiger partial charge in [-0.2, -0.15) is 5.10 Å². The molecule has 0 saturated heterocycles. The SMILES string of the molecule is O=C(Nc1nn(Cc2ccc(Cl)c(Cl)c2)cc1Br)c1ccc(Cl)cc1Cl. The minimum Gasteiger partial charge on any atom is -0.304 e. The Kier molecular flexibility index (Phi) is 6.15. The fraction of sp³-hybridized carbons (Fsp3) is 0.0588. The van der Waals surface area contributed by atoms with Gasteiger partial charge in [-0.15, -0.1) is 0 Å². The van der Waals surface area contributed by atoms with E-state index in [9.17, 15) is 4.79 Å². The van der Waals surface area contributed by atoms with Gasteiger partial charge in [0.05, 0.1) is 31.6 Å². The fourth-order valence-electron chi connectivity index (χ4n) is 2.24. The van der Waals surface area contributed by atoms with Crippen LogP contribution in [0.25, 0.3) is 0 Å². The van der Waals surface area contributed by atoms with Gasteiger partial charge < -0.3 is 5.32 Å².